The van der Waals surface area contributed by atoms with Gasteiger partial charge in [-0.05, 0) is 38.7 Å². The molecule has 0 unspecified atom stereocenters. The minimum Gasteiger partial charge on any atom is -0.378 e. The summed E-state index contributed by atoms with van der Waals surface area (Å²) in [5.74, 6) is 0.384. The Kier molecular flexibility index (Phi) is 5.40. The molecule has 2 aromatic heterocycles. The molecule has 1 aliphatic heterocycles. The van der Waals surface area contributed by atoms with Crippen LogP contribution < -0.4 is 10.2 Å². The lowest BCUT2D eigenvalue weighted by Crippen LogP contribution is -2.37. The van der Waals surface area contributed by atoms with Gasteiger partial charge < -0.3 is 15.0 Å². The summed E-state index contributed by atoms with van der Waals surface area (Å²) >= 11 is 1.66. The van der Waals surface area contributed by atoms with Gasteiger partial charge in [-0.25, -0.2) is 0 Å². The molecule has 1 saturated heterocycles. The fourth-order valence-corrected chi connectivity index (χ4v) is 3.60. The number of aromatic nitrogens is 4. The van der Waals surface area contributed by atoms with E-state index in [1.807, 2.05) is 28.5 Å². The second kappa shape index (κ2) is 8.28. The SMILES string of the molecule is O=C(Cn1nnc(N2CCOCC2)n1)NCc1ccccc1-c1ccsc1. The van der Waals surface area contributed by atoms with Crippen molar-refractivity contribution in [2.75, 3.05) is 31.2 Å². The molecule has 0 saturated carbocycles. The van der Waals surface area contributed by atoms with Crippen molar-refractivity contribution in [3.8, 4) is 11.1 Å². The maximum atomic E-state index is 12.3. The molecule has 4 rings (SSSR count). The van der Waals surface area contributed by atoms with Gasteiger partial charge in [0.05, 0.1) is 13.2 Å². The van der Waals surface area contributed by atoms with Crippen LogP contribution in [0.1, 0.15) is 5.56 Å². The van der Waals surface area contributed by atoms with E-state index in [-0.39, 0.29) is 12.5 Å². The first-order chi connectivity index (χ1) is 13.3. The molecule has 0 bridgehead atoms. The molecule has 140 valence electrons. The van der Waals surface area contributed by atoms with Gasteiger partial charge in [-0.1, -0.05) is 29.4 Å². The Hall–Kier alpha value is -2.78. The van der Waals surface area contributed by atoms with Gasteiger partial charge in [-0.3, -0.25) is 4.79 Å². The normalized spacial score (nSPS) is 14.3. The van der Waals surface area contributed by atoms with Gasteiger partial charge in [0.2, 0.25) is 5.91 Å². The zero-order valence-corrected chi connectivity index (χ0v) is 15.6. The van der Waals surface area contributed by atoms with E-state index in [4.69, 9.17) is 4.74 Å². The van der Waals surface area contributed by atoms with Gasteiger partial charge in [0.15, 0.2) is 0 Å². The molecular weight excluding hydrogens is 364 g/mol. The van der Waals surface area contributed by atoms with Gasteiger partial charge in [-0.15, -0.1) is 5.10 Å². The third kappa shape index (κ3) is 4.32. The highest BCUT2D eigenvalue weighted by Gasteiger charge is 2.17. The predicted molar refractivity (Wildman–Crippen MR) is 102 cm³/mol. The van der Waals surface area contributed by atoms with Gasteiger partial charge >= 0.3 is 0 Å². The van der Waals surface area contributed by atoms with E-state index in [9.17, 15) is 4.79 Å². The van der Waals surface area contributed by atoms with Crippen LogP contribution in [-0.4, -0.2) is 52.4 Å². The highest BCUT2D eigenvalue weighted by molar-refractivity contribution is 7.08. The van der Waals surface area contributed by atoms with Crippen LogP contribution in [0, 0.1) is 0 Å². The van der Waals surface area contributed by atoms with E-state index in [2.05, 4.69) is 38.2 Å². The molecule has 27 heavy (non-hydrogen) atoms. The monoisotopic (exact) mass is 384 g/mol. The number of amides is 1. The third-order valence-corrected chi connectivity index (χ3v) is 5.03. The number of morpholine rings is 1. The van der Waals surface area contributed by atoms with E-state index in [1.54, 1.807) is 11.3 Å². The number of hydrogen-bond donors (Lipinski definition) is 1. The molecule has 1 fully saturated rings. The number of anilines is 1. The van der Waals surface area contributed by atoms with E-state index < -0.39 is 0 Å². The number of nitrogens with one attached hydrogen (secondary N) is 1. The predicted octanol–water partition coefficient (Wildman–Crippen LogP) is 1.55. The fraction of sp³-hybridized carbons (Fsp3) is 0.333. The summed E-state index contributed by atoms with van der Waals surface area (Å²) in [4.78, 5) is 15.6. The van der Waals surface area contributed by atoms with E-state index in [1.165, 1.54) is 4.80 Å². The average molecular weight is 384 g/mol. The minimum atomic E-state index is -0.152. The molecule has 1 aliphatic rings. The molecule has 3 aromatic rings. The first-order valence-electron chi connectivity index (χ1n) is 8.77. The summed E-state index contributed by atoms with van der Waals surface area (Å²) in [6.45, 7) is 3.26. The summed E-state index contributed by atoms with van der Waals surface area (Å²) in [6.07, 6.45) is 0. The molecule has 0 atom stereocenters. The molecule has 1 N–H and O–H groups in total. The van der Waals surface area contributed by atoms with Crippen molar-refractivity contribution in [2.24, 2.45) is 0 Å². The zero-order valence-electron chi connectivity index (χ0n) is 14.7. The highest BCUT2D eigenvalue weighted by Crippen LogP contribution is 2.25. The van der Waals surface area contributed by atoms with Crippen molar-refractivity contribution in [1.82, 2.24) is 25.5 Å². The molecule has 1 amide bonds. The Labute approximate surface area is 160 Å². The smallest absolute Gasteiger partial charge is 0.266 e. The van der Waals surface area contributed by atoms with Crippen LogP contribution in [0.4, 0.5) is 5.95 Å². The first kappa shape index (κ1) is 17.6. The lowest BCUT2D eigenvalue weighted by Gasteiger charge is -2.24. The number of benzene rings is 1. The first-order valence-corrected chi connectivity index (χ1v) is 9.71. The van der Waals surface area contributed by atoms with Crippen LogP contribution >= 0.6 is 11.3 Å². The van der Waals surface area contributed by atoms with Gasteiger partial charge in [0, 0.05) is 19.6 Å². The molecule has 3 heterocycles. The maximum Gasteiger partial charge on any atom is 0.266 e. The van der Waals surface area contributed by atoms with Crippen LogP contribution in [0.25, 0.3) is 11.1 Å². The van der Waals surface area contributed by atoms with Crippen molar-refractivity contribution in [2.45, 2.75) is 13.1 Å². The quantitative estimate of drug-likeness (QED) is 0.694. The number of thiophene rings is 1. The molecular formula is C18H20N6O2S. The molecule has 9 heteroatoms. The summed E-state index contributed by atoms with van der Waals surface area (Å²) in [5, 5.41) is 19.4. The topological polar surface area (TPSA) is 85.2 Å². The van der Waals surface area contributed by atoms with Crippen molar-refractivity contribution in [3.05, 3.63) is 46.7 Å². The van der Waals surface area contributed by atoms with Crippen molar-refractivity contribution < 1.29 is 9.53 Å². The Balaban J connectivity index is 1.35. The Morgan fingerprint density at radius 1 is 1.22 bits per heavy atom. The third-order valence-electron chi connectivity index (χ3n) is 4.35. The number of carbonyl (C=O) groups excluding carboxylic acids is 1. The van der Waals surface area contributed by atoms with Crippen LogP contribution in [-0.2, 0) is 22.6 Å². The van der Waals surface area contributed by atoms with Crippen LogP contribution in [0.2, 0.25) is 0 Å². The number of ether oxygens (including phenoxy) is 1. The second-order valence-corrected chi connectivity index (χ2v) is 6.95. The Morgan fingerprint density at radius 3 is 2.89 bits per heavy atom. The number of nitrogens with zero attached hydrogens (tertiary/aromatic N) is 5. The van der Waals surface area contributed by atoms with E-state index >= 15 is 0 Å². The summed E-state index contributed by atoms with van der Waals surface area (Å²) in [5.41, 5.74) is 3.37. The van der Waals surface area contributed by atoms with Crippen LogP contribution in [0.3, 0.4) is 0 Å². The van der Waals surface area contributed by atoms with Crippen molar-refractivity contribution in [1.29, 1.82) is 0 Å². The van der Waals surface area contributed by atoms with E-state index in [0.29, 0.717) is 25.7 Å². The maximum absolute atomic E-state index is 12.3. The molecule has 8 nitrogen and oxygen atoms in total. The number of rotatable bonds is 6. The Morgan fingerprint density at radius 2 is 2.07 bits per heavy atom. The van der Waals surface area contributed by atoms with Crippen LogP contribution in [0.15, 0.2) is 41.1 Å². The molecule has 0 spiro atoms. The summed E-state index contributed by atoms with van der Waals surface area (Å²) in [7, 11) is 0. The standard InChI is InChI=1S/C18H20N6O2S/c25-17(12-24-21-18(20-22-24)23-6-8-26-9-7-23)19-11-14-3-1-2-4-16(14)15-5-10-27-13-15/h1-5,10,13H,6-9,11-12H2,(H,19,25). The fourth-order valence-electron chi connectivity index (χ4n) is 2.94. The average Bonchev–Trinajstić information content (AvgIpc) is 3.40. The highest BCUT2D eigenvalue weighted by atomic mass is 32.1. The molecule has 1 aromatic carbocycles. The lowest BCUT2D eigenvalue weighted by atomic mass is 10.0. The van der Waals surface area contributed by atoms with Gasteiger partial charge in [-0.2, -0.15) is 16.1 Å². The number of carbonyl (C=O) groups is 1. The number of tetrazole rings is 1. The largest absolute Gasteiger partial charge is 0.378 e. The molecule has 0 aliphatic carbocycles. The zero-order chi connectivity index (χ0) is 18.5. The van der Waals surface area contributed by atoms with Gasteiger partial charge in [0.1, 0.15) is 6.54 Å². The van der Waals surface area contributed by atoms with Crippen molar-refractivity contribution >= 4 is 23.2 Å². The lowest BCUT2D eigenvalue weighted by molar-refractivity contribution is -0.122. The minimum absolute atomic E-state index is 0.0396. The van der Waals surface area contributed by atoms with E-state index in [0.717, 1.165) is 29.8 Å². The number of hydrogen-bond acceptors (Lipinski definition) is 7. The van der Waals surface area contributed by atoms with Crippen molar-refractivity contribution in [3.63, 3.8) is 0 Å². The second-order valence-electron chi connectivity index (χ2n) is 6.17. The van der Waals surface area contributed by atoms with Gasteiger partial charge in [0.25, 0.3) is 5.95 Å². The molecule has 0 radical (unpaired) electrons. The Bertz CT molecular complexity index is 889. The summed E-state index contributed by atoms with van der Waals surface area (Å²) < 4.78 is 5.32. The summed E-state index contributed by atoms with van der Waals surface area (Å²) in [6, 6.07) is 10.2. The van der Waals surface area contributed by atoms with Crippen LogP contribution in [0.5, 0.6) is 0 Å².